The summed E-state index contributed by atoms with van der Waals surface area (Å²) in [5, 5.41) is 4.60. The van der Waals surface area contributed by atoms with Crippen LogP contribution in [0.15, 0.2) is 18.3 Å². The number of hydrogen-bond donors (Lipinski definition) is 0. The Bertz CT molecular complexity index is 907. The van der Waals surface area contributed by atoms with E-state index in [9.17, 15) is 8.42 Å². The molecule has 0 N–H and O–H groups in total. The largest absolute Gasteiger partial charge is 0.370 e. The molecule has 140 valence electrons. The van der Waals surface area contributed by atoms with Gasteiger partial charge in [0.2, 0.25) is 10.0 Å². The number of fused-ring (bicyclic) bond motifs is 1. The van der Waals surface area contributed by atoms with Gasteiger partial charge in [-0.3, -0.25) is 0 Å². The van der Waals surface area contributed by atoms with Gasteiger partial charge in [0.15, 0.2) is 11.5 Å². The van der Waals surface area contributed by atoms with Crippen LogP contribution in [0.25, 0.3) is 5.65 Å². The molecular weight excluding hydrogens is 350 g/mol. The number of rotatable bonds is 4. The van der Waals surface area contributed by atoms with Crippen molar-refractivity contribution in [2.75, 3.05) is 31.1 Å². The van der Waals surface area contributed by atoms with E-state index >= 15 is 0 Å². The smallest absolute Gasteiger partial charge is 0.216 e. The molecule has 0 spiro atoms. The highest BCUT2D eigenvalue weighted by Crippen LogP contribution is 2.35. The lowest BCUT2D eigenvalue weighted by Gasteiger charge is -2.29. The number of hydrogen-bond acceptors (Lipinski definition) is 5. The van der Waals surface area contributed by atoms with E-state index in [-0.39, 0.29) is 11.2 Å². The Morgan fingerprint density at radius 2 is 1.69 bits per heavy atom. The molecule has 3 fully saturated rings. The highest BCUT2D eigenvalue weighted by Gasteiger charge is 2.41. The fourth-order valence-electron chi connectivity index (χ4n) is 4.17. The van der Waals surface area contributed by atoms with Crippen molar-refractivity contribution in [3.8, 4) is 0 Å². The number of pyridine rings is 1. The van der Waals surface area contributed by atoms with Gasteiger partial charge in [-0.15, -0.1) is 0 Å². The topological polar surface area (TPSA) is 70.8 Å². The van der Waals surface area contributed by atoms with Gasteiger partial charge in [0, 0.05) is 32.1 Å². The Morgan fingerprint density at radius 3 is 2.38 bits per heavy atom. The van der Waals surface area contributed by atoms with Crippen LogP contribution < -0.4 is 4.90 Å². The molecule has 0 aromatic carbocycles. The second-order valence-corrected chi connectivity index (χ2v) is 9.98. The predicted octanol–water partition coefficient (Wildman–Crippen LogP) is 2.00. The molecule has 1 saturated carbocycles. The number of anilines is 1. The number of sulfonamides is 1. The summed E-state index contributed by atoms with van der Waals surface area (Å²) in [6, 6.07) is 4.17. The van der Waals surface area contributed by atoms with Crippen LogP contribution in [-0.2, 0) is 10.0 Å². The molecule has 7 nitrogen and oxygen atoms in total. The minimum Gasteiger partial charge on any atom is -0.370 e. The molecule has 0 radical (unpaired) electrons. The third kappa shape index (κ3) is 2.89. The van der Waals surface area contributed by atoms with E-state index in [1.165, 1.54) is 18.5 Å². The standard InChI is InChI=1S/C18H25N5O2S/c24-26(25,16-4-5-16)22-11-7-14(8-12-22)18-19-17-6-3-15(13-23(17)20-18)21-9-1-2-10-21/h3,6,13-14,16H,1-2,4-5,7-12H2. The van der Waals surface area contributed by atoms with Crippen molar-refractivity contribution < 1.29 is 8.42 Å². The Kier molecular flexibility index (Phi) is 3.93. The maximum atomic E-state index is 12.4. The van der Waals surface area contributed by atoms with Gasteiger partial charge in [-0.25, -0.2) is 22.2 Å². The Hall–Kier alpha value is -1.67. The molecule has 1 aliphatic carbocycles. The van der Waals surface area contributed by atoms with E-state index in [1.54, 1.807) is 4.31 Å². The molecule has 0 atom stereocenters. The Balaban J connectivity index is 1.32. The number of piperidine rings is 1. The van der Waals surface area contributed by atoms with Crippen LogP contribution >= 0.6 is 0 Å². The molecule has 0 bridgehead atoms. The van der Waals surface area contributed by atoms with Crippen molar-refractivity contribution >= 4 is 21.4 Å². The fraction of sp³-hybridized carbons (Fsp3) is 0.667. The molecule has 3 aliphatic rings. The lowest BCUT2D eigenvalue weighted by Crippen LogP contribution is -2.39. The number of nitrogens with zero attached hydrogens (tertiary/aromatic N) is 5. The predicted molar refractivity (Wildman–Crippen MR) is 99.9 cm³/mol. The van der Waals surface area contributed by atoms with E-state index in [1.807, 2.05) is 10.6 Å². The summed E-state index contributed by atoms with van der Waals surface area (Å²) in [6.07, 6.45) is 7.85. The van der Waals surface area contributed by atoms with E-state index in [0.29, 0.717) is 13.1 Å². The van der Waals surface area contributed by atoms with Crippen LogP contribution in [0.5, 0.6) is 0 Å². The maximum Gasteiger partial charge on any atom is 0.216 e. The van der Waals surface area contributed by atoms with Gasteiger partial charge in [0.05, 0.1) is 17.1 Å². The minimum atomic E-state index is -3.05. The molecular formula is C18H25N5O2S. The van der Waals surface area contributed by atoms with Gasteiger partial charge in [0.1, 0.15) is 0 Å². The minimum absolute atomic E-state index is 0.114. The van der Waals surface area contributed by atoms with Crippen molar-refractivity contribution in [2.45, 2.75) is 49.7 Å². The zero-order valence-electron chi connectivity index (χ0n) is 14.9. The summed E-state index contributed by atoms with van der Waals surface area (Å²) >= 11 is 0. The van der Waals surface area contributed by atoms with Crippen LogP contribution in [0.3, 0.4) is 0 Å². The Morgan fingerprint density at radius 1 is 0.962 bits per heavy atom. The van der Waals surface area contributed by atoms with Gasteiger partial charge in [-0.1, -0.05) is 0 Å². The monoisotopic (exact) mass is 375 g/mol. The molecule has 2 aromatic heterocycles. The summed E-state index contributed by atoms with van der Waals surface area (Å²) in [6.45, 7) is 3.41. The first kappa shape index (κ1) is 16.5. The first-order valence-corrected chi connectivity index (χ1v) is 11.2. The van der Waals surface area contributed by atoms with Crippen LogP contribution in [0.4, 0.5) is 5.69 Å². The van der Waals surface area contributed by atoms with Crippen molar-refractivity contribution in [1.29, 1.82) is 0 Å². The lowest BCUT2D eigenvalue weighted by molar-refractivity contribution is 0.313. The Labute approximate surface area is 154 Å². The highest BCUT2D eigenvalue weighted by molar-refractivity contribution is 7.90. The van der Waals surface area contributed by atoms with E-state index in [2.05, 4.69) is 17.2 Å². The summed E-state index contributed by atoms with van der Waals surface area (Å²) in [7, 11) is -3.05. The summed E-state index contributed by atoms with van der Waals surface area (Å²) in [5.74, 6) is 1.10. The first-order valence-electron chi connectivity index (χ1n) is 9.71. The van der Waals surface area contributed by atoms with Crippen LogP contribution in [0.1, 0.15) is 50.3 Å². The van der Waals surface area contributed by atoms with Gasteiger partial charge in [-0.05, 0) is 50.7 Å². The normalized spacial score (nSPS) is 23.2. The van der Waals surface area contributed by atoms with Crippen molar-refractivity contribution in [3.63, 3.8) is 0 Å². The third-order valence-electron chi connectivity index (χ3n) is 5.93. The van der Waals surface area contributed by atoms with Crippen LogP contribution in [-0.4, -0.2) is 58.8 Å². The summed E-state index contributed by atoms with van der Waals surface area (Å²) in [5.41, 5.74) is 2.08. The zero-order valence-corrected chi connectivity index (χ0v) is 15.7. The van der Waals surface area contributed by atoms with E-state index < -0.39 is 10.0 Å². The molecule has 26 heavy (non-hydrogen) atoms. The molecule has 0 amide bonds. The van der Waals surface area contributed by atoms with Gasteiger partial charge in [-0.2, -0.15) is 5.10 Å². The molecule has 2 saturated heterocycles. The second kappa shape index (κ2) is 6.20. The molecule has 5 rings (SSSR count). The van der Waals surface area contributed by atoms with Crippen molar-refractivity contribution in [2.24, 2.45) is 0 Å². The van der Waals surface area contributed by atoms with Crippen LogP contribution in [0, 0.1) is 0 Å². The molecule has 2 aromatic rings. The summed E-state index contributed by atoms with van der Waals surface area (Å²) < 4.78 is 28.3. The molecule has 8 heteroatoms. The van der Waals surface area contributed by atoms with Crippen molar-refractivity contribution in [1.82, 2.24) is 18.9 Å². The van der Waals surface area contributed by atoms with Gasteiger partial charge >= 0.3 is 0 Å². The first-order chi connectivity index (χ1) is 12.6. The second-order valence-electron chi connectivity index (χ2n) is 7.77. The van der Waals surface area contributed by atoms with Crippen molar-refractivity contribution in [3.05, 3.63) is 24.2 Å². The third-order valence-corrected chi connectivity index (χ3v) is 8.33. The summed E-state index contributed by atoms with van der Waals surface area (Å²) in [4.78, 5) is 7.10. The van der Waals surface area contributed by atoms with E-state index in [4.69, 9.17) is 10.1 Å². The van der Waals surface area contributed by atoms with Gasteiger partial charge in [0.25, 0.3) is 0 Å². The quantitative estimate of drug-likeness (QED) is 0.817. The molecule has 0 unspecified atom stereocenters. The highest BCUT2D eigenvalue weighted by atomic mass is 32.2. The maximum absolute atomic E-state index is 12.4. The fourth-order valence-corrected chi connectivity index (χ4v) is 6.04. The van der Waals surface area contributed by atoms with Gasteiger partial charge < -0.3 is 4.90 Å². The molecule has 4 heterocycles. The SMILES string of the molecule is O=S(=O)(C1CC1)N1CCC(c2nc3ccc(N4CCCC4)cn3n2)CC1. The van der Waals surface area contributed by atoms with Crippen LogP contribution in [0.2, 0.25) is 0 Å². The van der Waals surface area contributed by atoms with E-state index in [0.717, 1.165) is 50.2 Å². The zero-order chi connectivity index (χ0) is 17.7. The average molecular weight is 375 g/mol. The lowest BCUT2D eigenvalue weighted by atomic mass is 9.98. The molecule has 2 aliphatic heterocycles. The number of aromatic nitrogens is 3. The average Bonchev–Trinajstić information content (AvgIpc) is 3.22.